The SMILES string of the molecule is CCNC(=O)CN(C)c1ncnc(NCC)c1Br. The topological polar surface area (TPSA) is 70.2 Å². The highest BCUT2D eigenvalue weighted by Gasteiger charge is 2.14. The Morgan fingerprint density at radius 3 is 2.72 bits per heavy atom. The Kier molecular flexibility index (Phi) is 5.84. The summed E-state index contributed by atoms with van der Waals surface area (Å²) in [6.07, 6.45) is 1.48. The second kappa shape index (κ2) is 7.15. The van der Waals surface area contributed by atoms with Gasteiger partial charge in [-0.3, -0.25) is 4.79 Å². The molecule has 0 bridgehead atoms. The number of aromatic nitrogens is 2. The predicted molar refractivity (Wildman–Crippen MR) is 75.8 cm³/mol. The van der Waals surface area contributed by atoms with E-state index in [0.717, 1.165) is 16.8 Å². The first-order valence-electron chi connectivity index (χ1n) is 5.82. The molecular formula is C11H18BrN5O. The number of halogens is 1. The first-order valence-corrected chi connectivity index (χ1v) is 6.61. The van der Waals surface area contributed by atoms with Crippen LogP contribution in [0.15, 0.2) is 10.8 Å². The van der Waals surface area contributed by atoms with Gasteiger partial charge in [0.15, 0.2) is 0 Å². The van der Waals surface area contributed by atoms with Crippen molar-refractivity contribution < 1.29 is 4.79 Å². The van der Waals surface area contributed by atoms with Crippen LogP contribution in [0.4, 0.5) is 11.6 Å². The van der Waals surface area contributed by atoms with E-state index in [1.54, 1.807) is 4.90 Å². The first-order chi connectivity index (χ1) is 8.60. The number of hydrogen-bond acceptors (Lipinski definition) is 5. The fraction of sp³-hybridized carbons (Fsp3) is 0.545. The molecule has 0 aliphatic heterocycles. The number of hydrogen-bond donors (Lipinski definition) is 2. The van der Waals surface area contributed by atoms with E-state index >= 15 is 0 Å². The summed E-state index contributed by atoms with van der Waals surface area (Å²) in [7, 11) is 1.82. The number of likely N-dealkylation sites (N-methyl/N-ethyl adjacent to an activating group) is 2. The van der Waals surface area contributed by atoms with Gasteiger partial charge < -0.3 is 15.5 Å². The Morgan fingerprint density at radius 2 is 2.11 bits per heavy atom. The molecule has 1 amide bonds. The number of carbonyl (C=O) groups is 1. The van der Waals surface area contributed by atoms with Crippen molar-refractivity contribution >= 4 is 33.5 Å². The van der Waals surface area contributed by atoms with Crippen LogP contribution in [-0.2, 0) is 4.79 Å². The molecule has 1 heterocycles. The third-order valence-corrected chi connectivity index (χ3v) is 2.96. The average Bonchev–Trinajstić information content (AvgIpc) is 2.32. The summed E-state index contributed by atoms with van der Waals surface area (Å²) in [6, 6.07) is 0. The van der Waals surface area contributed by atoms with Gasteiger partial charge in [0.05, 0.1) is 6.54 Å². The van der Waals surface area contributed by atoms with Crippen molar-refractivity contribution in [2.75, 3.05) is 36.9 Å². The van der Waals surface area contributed by atoms with E-state index in [1.807, 2.05) is 20.9 Å². The highest BCUT2D eigenvalue weighted by molar-refractivity contribution is 9.10. The Balaban J connectivity index is 2.82. The van der Waals surface area contributed by atoms with E-state index in [0.29, 0.717) is 12.4 Å². The molecule has 0 aliphatic carbocycles. The van der Waals surface area contributed by atoms with Gasteiger partial charge in [0.25, 0.3) is 0 Å². The Bertz CT molecular complexity index is 412. The third-order valence-electron chi connectivity index (χ3n) is 2.23. The lowest BCUT2D eigenvalue weighted by Crippen LogP contribution is -2.35. The summed E-state index contributed by atoms with van der Waals surface area (Å²) < 4.78 is 0.763. The maximum absolute atomic E-state index is 11.5. The van der Waals surface area contributed by atoms with E-state index in [-0.39, 0.29) is 12.5 Å². The number of amides is 1. The van der Waals surface area contributed by atoms with Crippen LogP contribution in [0.25, 0.3) is 0 Å². The van der Waals surface area contributed by atoms with Gasteiger partial charge in [-0.1, -0.05) is 0 Å². The van der Waals surface area contributed by atoms with Gasteiger partial charge in [0.2, 0.25) is 5.91 Å². The quantitative estimate of drug-likeness (QED) is 0.826. The minimum absolute atomic E-state index is 0.0319. The van der Waals surface area contributed by atoms with E-state index in [9.17, 15) is 4.79 Å². The predicted octanol–water partition coefficient (Wildman–Crippen LogP) is 1.24. The van der Waals surface area contributed by atoms with Crippen molar-refractivity contribution in [2.45, 2.75) is 13.8 Å². The van der Waals surface area contributed by atoms with Crippen LogP contribution in [0.3, 0.4) is 0 Å². The van der Waals surface area contributed by atoms with Crippen molar-refractivity contribution in [1.82, 2.24) is 15.3 Å². The molecule has 6 nitrogen and oxygen atoms in total. The molecule has 100 valence electrons. The number of nitrogens with zero attached hydrogens (tertiary/aromatic N) is 3. The van der Waals surface area contributed by atoms with Crippen LogP contribution in [0.2, 0.25) is 0 Å². The van der Waals surface area contributed by atoms with Gasteiger partial charge in [0.1, 0.15) is 22.4 Å². The van der Waals surface area contributed by atoms with Crippen molar-refractivity contribution in [3.8, 4) is 0 Å². The molecule has 0 aromatic carbocycles. The summed E-state index contributed by atoms with van der Waals surface area (Å²) in [5.74, 6) is 1.38. The molecule has 2 N–H and O–H groups in total. The molecule has 7 heteroatoms. The largest absolute Gasteiger partial charge is 0.369 e. The minimum Gasteiger partial charge on any atom is -0.369 e. The molecule has 0 spiro atoms. The zero-order valence-electron chi connectivity index (χ0n) is 10.8. The molecule has 0 fully saturated rings. The first kappa shape index (κ1) is 14.7. The van der Waals surface area contributed by atoms with Gasteiger partial charge in [-0.25, -0.2) is 9.97 Å². The van der Waals surface area contributed by atoms with Gasteiger partial charge >= 0.3 is 0 Å². The van der Waals surface area contributed by atoms with Crippen LogP contribution in [0.5, 0.6) is 0 Å². The second-order valence-corrected chi connectivity index (χ2v) is 4.49. The normalized spacial score (nSPS) is 10.0. The summed E-state index contributed by atoms with van der Waals surface area (Å²) in [5, 5.41) is 5.87. The molecule has 0 saturated carbocycles. The number of nitrogens with one attached hydrogen (secondary N) is 2. The number of rotatable bonds is 6. The Hall–Kier alpha value is -1.37. The van der Waals surface area contributed by atoms with Crippen LogP contribution in [-0.4, -0.2) is 42.6 Å². The third kappa shape index (κ3) is 3.83. The maximum atomic E-state index is 11.5. The highest BCUT2D eigenvalue weighted by atomic mass is 79.9. The molecule has 1 aromatic rings. The molecule has 0 radical (unpaired) electrons. The molecule has 1 aromatic heterocycles. The van der Waals surface area contributed by atoms with Crippen molar-refractivity contribution in [1.29, 1.82) is 0 Å². The monoisotopic (exact) mass is 315 g/mol. The molecule has 1 rings (SSSR count). The maximum Gasteiger partial charge on any atom is 0.239 e. The van der Waals surface area contributed by atoms with E-state index in [2.05, 4.69) is 36.5 Å². The Labute approximate surface area is 115 Å². The lowest BCUT2D eigenvalue weighted by atomic mass is 10.4. The van der Waals surface area contributed by atoms with Gasteiger partial charge in [-0.05, 0) is 29.8 Å². The van der Waals surface area contributed by atoms with Crippen molar-refractivity contribution in [3.05, 3.63) is 10.8 Å². The van der Waals surface area contributed by atoms with Crippen molar-refractivity contribution in [2.24, 2.45) is 0 Å². The highest BCUT2D eigenvalue weighted by Crippen LogP contribution is 2.28. The molecule has 0 aliphatic rings. The fourth-order valence-corrected chi connectivity index (χ4v) is 2.11. The van der Waals surface area contributed by atoms with E-state index in [1.165, 1.54) is 6.33 Å². The zero-order chi connectivity index (χ0) is 13.5. The lowest BCUT2D eigenvalue weighted by Gasteiger charge is -2.19. The number of carbonyl (C=O) groups excluding carboxylic acids is 1. The van der Waals surface area contributed by atoms with Gasteiger partial charge in [0, 0.05) is 20.1 Å². The van der Waals surface area contributed by atoms with E-state index < -0.39 is 0 Å². The summed E-state index contributed by atoms with van der Waals surface area (Å²) in [6.45, 7) is 5.54. The van der Waals surface area contributed by atoms with Crippen LogP contribution >= 0.6 is 15.9 Å². The zero-order valence-corrected chi connectivity index (χ0v) is 12.4. The summed E-state index contributed by atoms with van der Waals surface area (Å²) in [4.78, 5) is 21.6. The van der Waals surface area contributed by atoms with Crippen molar-refractivity contribution in [3.63, 3.8) is 0 Å². The van der Waals surface area contributed by atoms with Gasteiger partial charge in [-0.15, -0.1) is 0 Å². The van der Waals surface area contributed by atoms with E-state index in [4.69, 9.17) is 0 Å². The molecule has 0 unspecified atom stereocenters. The fourth-order valence-electron chi connectivity index (χ4n) is 1.46. The average molecular weight is 316 g/mol. The Morgan fingerprint density at radius 1 is 1.39 bits per heavy atom. The molecule has 0 atom stereocenters. The molecular weight excluding hydrogens is 298 g/mol. The summed E-state index contributed by atoms with van der Waals surface area (Å²) >= 11 is 3.45. The second-order valence-electron chi connectivity index (χ2n) is 3.70. The van der Waals surface area contributed by atoms with Crippen LogP contribution in [0, 0.1) is 0 Å². The lowest BCUT2D eigenvalue weighted by molar-refractivity contribution is -0.119. The summed E-state index contributed by atoms with van der Waals surface area (Å²) in [5.41, 5.74) is 0. The smallest absolute Gasteiger partial charge is 0.239 e. The van der Waals surface area contributed by atoms with Crippen LogP contribution < -0.4 is 15.5 Å². The molecule has 0 saturated heterocycles. The number of anilines is 2. The van der Waals surface area contributed by atoms with Gasteiger partial charge in [-0.2, -0.15) is 0 Å². The standard InChI is InChI=1S/C11H18BrN5O/c1-4-13-8(18)6-17(3)11-9(12)10(14-5-2)15-7-16-11/h7H,4-6H2,1-3H3,(H,13,18)(H,14,15,16). The molecule has 18 heavy (non-hydrogen) atoms. The van der Waals surface area contributed by atoms with Crippen LogP contribution in [0.1, 0.15) is 13.8 Å². The minimum atomic E-state index is -0.0319.